The first-order valence-electron chi connectivity index (χ1n) is 9.94. The minimum absolute atomic E-state index is 0.257. The Balaban J connectivity index is 2.45. The second-order valence-corrected chi connectivity index (χ2v) is 7.16. The number of alkyl halides is 2. The zero-order chi connectivity index (χ0) is 20.3. The van der Waals surface area contributed by atoms with Crippen LogP contribution in [0.15, 0.2) is 12.2 Å². The van der Waals surface area contributed by atoms with Crippen LogP contribution in [-0.2, 0) is 14.3 Å². The minimum atomic E-state index is -3.34. The van der Waals surface area contributed by atoms with Crippen molar-refractivity contribution in [1.29, 1.82) is 0 Å². The van der Waals surface area contributed by atoms with Gasteiger partial charge in [0.25, 0.3) is 5.91 Å². The Morgan fingerprint density at radius 1 is 1.30 bits per heavy atom. The van der Waals surface area contributed by atoms with E-state index in [0.29, 0.717) is 25.7 Å². The third-order valence-corrected chi connectivity index (χ3v) is 4.86. The summed E-state index contributed by atoms with van der Waals surface area (Å²) in [6, 6.07) is -0.677. The summed E-state index contributed by atoms with van der Waals surface area (Å²) in [5.74, 6) is -4.73. The number of hydrogen-bond donors (Lipinski definition) is 1. The lowest BCUT2D eigenvalue weighted by molar-refractivity contribution is -0.148. The molecule has 0 unspecified atom stereocenters. The van der Waals surface area contributed by atoms with Gasteiger partial charge in [-0.3, -0.25) is 9.59 Å². The molecule has 0 aromatic rings. The van der Waals surface area contributed by atoms with E-state index in [2.05, 4.69) is 11.7 Å². The van der Waals surface area contributed by atoms with Crippen molar-refractivity contribution >= 4 is 11.9 Å². The van der Waals surface area contributed by atoms with E-state index in [4.69, 9.17) is 0 Å². The van der Waals surface area contributed by atoms with Crippen molar-refractivity contribution in [2.75, 3.05) is 13.7 Å². The van der Waals surface area contributed by atoms with Crippen LogP contribution in [0.1, 0.15) is 71.1 Å². The van der Waals surface area contributed by atoms with Crippen LogP contribution in [0, 0.1) is 0 Å². The van der Waals surface area contributed by atoms with Gasteiger partial charge in [-0.05, 0) is 19.3 Å². The van der Waals surface area contributed by atoms with Crippen molar-refractivity contribution in [3.05, 3.63) is 12.2 Å². The van der Waals surface area contributed by atoms with Crippen LogP contribution in [0.5, 0.6) is 0 Å². The molecule has 156 valence electrons. The fraction of sp³-hybridized carbons (Fsp3) is 0.800. The first-order valence-corrected chi connectivity index (χ1v) is 9.94. The summed E-state index contributed by atoms with van der Waals surface area (Å²) in [5, 5.41) is 9.94. The predicted molar refractivity (Wildman–Crippen MR) is 99.5 cm³/mol. The summed E-state index contributed by atoms with van der Waals surface area (Å²) in [6.07, 6.45) is 8.61. The number of carbonyl (C=O) groups excluding carboxylic acids is 2. The van der Waals surface area contributed by atoms with Gasteiger partial charge in [0, 0.05) is 19.4 Å². The first kappa shape index (κ1) is 23.5. The Labute approximate surface area is 160 Å². The largest absolute Gasteiger partial charge is 0.469 e. The standard InChI is InChI=1S/C20H33F2NO4/c1-3-4-7-10-17(24)13-12-16-15-20(21,22)19(26)23(16)14-9-6-5-8-11-18(25)27-2/h12-13,16-17,24H,3-11,14-15H2,1-2H3/b13-12+/t16-,17-/m0/s1. The number of carbonyl (C=O) groups is 2. The number of nitrogens with zero attached hydrogens (tertiary/aromatic N) is 1. The highest BCUT2D eigenvalue weighted by Crippen LogP contribution is 2.34. The normalized spacial score (nSPS) is 20.4. The molecule has 0 spiro atoms. The van der Waals surface area contributed by atoms with Gasteiger partial charge in [0.1, 0.15) is 0 Å². The van der Waals surface area contributed by atoms with Crippen molar-refractivity contribution in [3.63, 3.8) is 0 Å². The smallest absolute Gasteiger partial charge is 0.327 e. The summed E-state index contributed by atoms with van der Waals surface area (Å²) in [6.45, 7) is 2.33. The molecule has 2 atom stereocenters. The van der Waals surface area contributed by atoms with Gasteiger partial charge in [-0.15, -0.1) is 0 Å². The van der Waals surface area contributed by atoms with Crippen molar-refractivity contribution in [1.82, 2.24) is 4.90 Å². The predicted octanol–water partition coefficient (Wildman–Crippen LogP) is 3.84. The monoisotopic (exact) mass is 389 g/mol. The zero-order valence-electron chi connectivity index (χ0n) is 16.5. The molecule has 1 saturated heterocycles. The number of rotatable bonds is 13. The van der Waals surface area contributed by atoms with Crippen LogP contribution >= 0.6 is 0 Å². The van der Waals surface area contributed by atoms with Crippen molar-refractivity contribution in [2.24, 2.45) is 0 Å². The molecule has 0 aliphatic carbocycles. The number of likely N-dealkylation sites (tertiary alicyclic amines) is 1. The fourth-order valence-electron chi connectivity index (χ4n) is 3.22. The highest BCUT2D eigenvalue weighted by Gasteiger charge is 2.52. The first-order chi connectivity index (χ1) is 12.8. The molecule has 1 rings (SSSR count). The molecule has 0 radical (unpaired) electrons. The summed E-state index contributed by atoms with van der Waals surface area (Å²) in [7, 11) is 1.34. The number of halogens is 2. The van der Waals surface area contributed by atoms with Crippen LogP contribution in [0.2, 0.25) is 0 Å². The molecule has 0 aromatic heterocycles. The van der Waals surface area contributed by atoms with Gasteiger partial charge in [-0.25, -0.2) is 0 Å². The van der Waals surface area contributed by atoms with E-state index >= 15 is 0 Å². The Morgan fingerprint density at radius 2 is 2.00 bits per heavy atom. The number of unbranched alkanes of at least 4 members (excludes halogenated alkanes) is 5. The van der Waals surface area contributed by atoms with Crippen LogP contribution < -0.4 is 0 Å². The summed E-state index contributed by atoms with van der Waals surface area (Å²) in [4.78, 5) is 24.2. The second-order valence-electron chi connectivity index (χ2n) is 7.16. The lowest BCUT2D eigenvalue weighted by Gasteiger charge is -2.22. The fourth-order valence-corrected chi connectivity index (χ4v) is 3.22. The number of aliphatic hydroxyl groups excluding tert-OH is 1. The highest BCUT2D eigenvalue weighted by molar-refractivity contribution is 5.86. The Morgan fingerprint density at radius 3 is 2.67 bits per heavy atom. The van der Waals surface area contributed by atoms with Gasteiger partial charge in [0.15, 0.2) is 0 Å². The molecule has 0 aromatic carbocycles. The average Bonchev–Trinajstić information content (AvgIpc) is 2.85. The second kappa shape index (κ2) is 12.1. The average molecular weight is 389 g/mol. The number of amides is 1. The molecule has 1 N–H and O–H groups in total. The highest BCUT2D eigenvalue weighted by atomic mass is 19.3. The maximum atomic E-state index is 13.8. The molecular weight excluding hydrogens is 356 g/mol. The maximum Gasteiger partial charge on any atom is 0.327 e. The van der Waals surface area contributed by atoms with Crippen molar-refractivity contribution < 1.29 is 28.2 Å². The lowest BCUT2D eigenvalue weighted by Crippen LogP contribution is -2.36. The number of ether oxygens (including phenoxy) is 1. The van der Waals surface area contributed by atoms with Gasteiger partial charge in [-0.1, -0.05) is 51.2 Å². The van der Waals surface area contributed by atoms with Crippen LogP contribution in [0.3, 0.4) is 0 Å². The molecule has 0 saturated carbocycles. The van der Waals surface area contributed by atoms with Crippen LogP contribution in [0.4, 0.5) is 8.78 Å². The lowest BCUT2D eigenvalue weighted by atomic mass is 10.1. The van der Waals surface area contributed by atoms with E-state index < -0.39 is 30.4 Å². The molecule has 5 nitrogen and oxygen atoms in total. The Hall–Kier alpha value is -1.50. The Bertz CT molecular complexity index is 496. The van der Waals surface area contributed by atoms with Gasteiger partial charge in [0.05, 0.1) is 19.3 Å². The molecule has 1 aliphatic heterocycles. The van der Waals surface area contributed by atoms with E-state index in [-0.39, 0.29) is 12.5 Å². The quantitative estimate of drug-likeness (QED) is 0.295. The van der Waals surface area contributed by atoms with E-state index in [9.17, 15) is 23.5 Å². The molecule has 27 heavy (non-hydrogen) atoms. The van der Waals surface area contributed by atoms with E-state index in [1.165, 1.54) is 12.0 Å². The molecule has 1 heterocycles. The zero-order valence-corrected chi connectivity index (χ0v) is 16.5. The maximum absolute atomic E-state index is 13.8. The van der Waals surface area contributed by atoms with Gasteiger partial charge < -0.3 is 14.7 Å². The number of hydrogen-bond acceptors (Lipinski definition) is 4. The molecule has 1 amide bonds. The molecule has 1 aliphatic rings. The van der Waals surface area contributed by atoms with Gasteiger partial charge >= 0.3 is 11.9 Å². The Kier molecular flexibility index (Phi) is 10.5. The molecule has 1 fully saturated rings. The molecule has 7 heteroatoms. The van der Waals surface area contributed by atoms with Crippen LogP contribution in [-0.4, -0.2) is 53.6 Å². The summed E-state index contributed by atoms with van der Waals surface area (Å²) < 4.78 is 32.2. The molecular formula is C20H33F2NO4. The topological polar surface area (TPSA) is 66.8 Å². The van der Waals surface area contributed by atoms with Gasteiger partial charge in [0.2, 0.25) is 0 Å². The number of esters is 1. The number of aliphatic hydroxyl groups is 1. The SMILES string of the molecule is CCCCC[C@H](O)/C=C/[C@H]1CC(F)(F)C(=O)N1CCCCCCC(=O)OC. The van der Waals surface area contributed by atoms with Gasteiger partial charge in [-0.2, -0.15) is 8.78 Å². The van der Waals surface area contributed by atoms with Crippen molar-refractivity contribution in [2.45, 2.75) is 89.2 Å². The summed E-state index contributed by atoms with van der Waals surface area (Å²) in [5.41, 5.74) is 0. The van der Waals surface area contributed by atoms with E-state index in [1.54, 1.807) is 12.2 Å². The summed E-state index contributed by atoms with van der Waals surface area (Å²) >= 11 is 0. The van der Waals surface area contributed by atoms with Crippen LogP contribution in [0.25, 0.3) is 0 Å². The number of methoxy groups -OCH3 is 1. The minimum Gasteiger partial charge on any atom is -0.469 e. The third-order valence-electron chi connectivity index (χ3n) is 4.86. The molecule has 0 bridgehead atoms. The third kappa shape index (κ3) is 8.37. The van der Waals surface area contributed by atoms with E-state index in [0.717, 1.165) is 32.1 Å². The van der Waals surface area contributed by atoms with Crippen molar-refractivity contribution in [3.8, 4) is 0 Å². The van der Waals surface area contributed by atoms with E-state index in [1.807, 2.05) is 0 Å².